The lowest BCUT2D eigenvalue weighted by Crippen LogP contribution is -2.27. The monoisotopic (exact) mass is 494 g/mol. The second-order valence-electron chi connectivity index (χ2n) is 8.92. The second-order valence-corrected chi connectivity index (χ2v) is 8.92. The maximum absolute atomic E-state index is 12.2. The van der Waals surface area contributed by atoms with Crippen LogP contribution < -0.4 is 9.80 Å². The van der Waals surface area contributed by atoms with Gasteiger partial charge in [0.25, 0.3) is 5.69 Å². The van der Waals surface area contributed by atoms with E-state index in [4.69, 9.17) is 9.57 Å². The maximum Gasteiger partial charge on any atom is 0.269 e. The Kier molecular flexibility index (Phi) is 6.96. The number of hydrogen-bond acceptors (Lipinski definition) is 6. The quantitative estimate of drug-likeness (QED) is 0.154. The lowest BCUT2D eigenvalue weighted by atomic mass is 9.86. The number of carbonyl (C=O) groups excluding carboxylic acids is 1. The van der Waals surface area contributed by atoms with Gasteiger partial charge in [0.05, 0.1) is 34.7 Å². The van der Waals surface area contributed by atoms with Crippen LogP contribution in [0.25, 0.3) is 0 Å². The number of rotatable bonds is 8. The fraction of sp³-hybridized carbons (Fsp3) is 0.167. The summed E-state index contributed by atoms with van der Waals surface area (Å²) in [5, 5.41) is 13.2. The number of hydroxylamine groups is 1. The molecule has 0 amide bonds. The van der Waals surface area contributed by atoms with E-state index in [1.54, 1.807) is 24.3 Å². The Morgan fingerprint density at radius 2 is 1.49 bits per heavy atom. The first-order chi connectivity index (χ1) is 18.0. The topological polar surface area (TPSA) is 81.9 Å². The highest BCUT2D eigenvalue weighted by Gasteiger charge is 2.46. The van der Waals surface area contributed by atoms with Crippen molar-refractivity contribution in [3.05, 3.63) is 136 Å². The number of nitrogens with zero attached hydrogens (tertiary/aromatic N) is 2. The van der Waals surface area contributed by atoms with E-state index in [0.29, 0.717) is 11.3 Å². The molecule has 186 valence electrons. The number of ether oxygens (including phenoxy) is 1. The highest BCUT2D eigenvalue weighted by atomic mass is 16.7. The zero-order valence-corrected chi connectivity index (χ0v) is 20.3. The van der Waals surface area contributed by atoms with Crippen molar-refractivity contribution in [3.63, 3.8) is 0 Å². The van der Waals surface area contributed by atoms with Crippen LogP contribution in [-0.2, 0) is 4.84 Å². The predicted octanol–water partition coefficient (Wildman–Crippen LogP) is 6.73. The first-order valence-electron chi connectivity index (χ1n) is 12.1. The van der Waals surface area contributed by atoms with Gasteiger partial charge in [0, 0.05) is 12.1 Å². The summed E-state index contributed by atoms with van der Waals surface area (Å²) in [6.07, 6.45) is -0.355. The zero-order valence-electron chi connectivity index (χ0n) is 20.3. The minimum Gasteiger partial charge on any atom is -0.492 e. The summed E-state index contributed by atoms with van der Waals surface area (Å²) in [6.45, 7) is 1.78. The molecule has 0 saturated carbocycles. The number of para-hydroxylation sites is 2. The molecule has 3 atom stereocenters. The van der Waals surface area contributed by atoms with Crippen molar-refractivity contribution in [2.24, 2.45) is 5.92 Å². The Hall–Kier alpha value is -4.49. The molecule has 1 fully saturated rings. The molecule has 37 heavy (non-hydrogen) atoms. The number of benzene rings is 4. The van der Waals surface area contributed by atoms with Gasteiger partial charge in [-0.2, -0.15) is 0 Å². The van der Waals surface area contributed by atoms with E-state index in [-0.39, 0.29) is 36.1 Å². The van der Waals surface area contributed by atoms with Crippen LogP contribution in [0.5, 0.6) is 5.75 Å². The van der Waals surface area contributed by atoms with E-state index in [1.807, 2.05) is 77.9 Å². The van der Waals surface area contributed by atoms with E-state index in [1.165, 1.54) is 19.1 Å². The van der Waals surface area contributed by atoms with E-state index in [2.05, 4.69) is 0 Å². The molecular formula is C30H26N2O5. The predicted molar refractivity (Wildman–Crippen MR) is 140 cm³/mol. The molecule has 0 bridgehead atoms. The third-order valence-corrected chi connectivity index (χ3v) is 6.56. The Bertz CT molecular complexity index is 1380. The number of nitro benzene ring substituents is 1. The maximum atomic E-state index is 12.2. The molecule has 1 aliphatic heterocycles. The largest absolute Gasteiger partial charge is 0.492 e. The van der Waals surface area contributed by atoms with Gasteiger partial charge in [0.1, 0.15) is 11.9 Å². The summed E-state index contributed by atoms with van der Waals surface area (Å²) < 4.78 is 6.30. The smallest absolute Gasteiger partial charge is 0.269 e. The highest BCUT2D eigenvalue weighted by molar-refractivity contribution is 5.96. The van der Waals surface area contributed by atoms with Crippen LogP contribution in [0.15, 0.2) is 109 Å². The minimum absolute atomic E-state index is 0.0247. The van der Waals surface area contributed by atoms with Crippen LogP contribution in [-0.4, -0.2) is 17.3 Å². The summed E-state index contributed by atoms with van der Waals surface area (Å²) in [5.41, 5.74) is 3.25. The van der Waals surface area contributed by atoms with Crippen LogP contribution in [0.4, 0.5) is 11.4 Å². The van der Waals surface area contributed by atoms with Gasteiger partial charge in [-0.05, 0) is 42.3 Å². The van der Waals surface area contributed by atoms with Crippen LogP contribution in [0.2, 0.25) is 0 Å². The van der Waals surface area contributed by atoms with E-state index < -0.39 is 4.92 Å². The van der Waals surface area contributed by atoms with Crippen LogP contribution in [0, 0.1) is 16.0 Å². The number of hydrogen-bond donors (Lipinski definition) is 0. The average molecular weight is 495 g/mol. The lowest BCUT2D eigenvalue weighted by Gasteiger charge is -2.27. The van der Waals surface area contributed by atoms with Crippen LogP contribution >= 0.6 is 0 Å². The molecule has 5 rings (SSSR count). The third-order valence-electron chi connectivity index (χ3n) is 6.56. The molecule has 1 heterocycles. The molecule has 4 aromatic rings. The fourth-order valence-electron chi connectivity index (χ4n) is 4.78. The fourth-order valence-corrected chi connectivity index (χ4v) is 4.78. The molecule has 1 saturated heterocycles. The van der Waals surface area contributed by atoms with Crippen molar-refractivity contribution in [3.8, 4) is 5.75 Å². The first kappa shape index (κ1) is 24.2. The average Bonchev–Trinajstić information content (AvgIpc) is 3.32. The van der Waals surface area contributed by atoms with Crippen molar-refractivity contribution in [1.82, 2.24) is 0 Å². The molecule has 0 radical (unpaired) electrons. The number of carbonyl (C=O) groups is 1. The van der Waals surface area contributed by atoms with Gasteiger partial charge < -0.3 is 4.74 Å². The van der Waals surface area contributed by atoms with Gasteiger partial charge >= 0.3 is 0 Å². The number of Topliss-reactive ketones (excluding diaryl/α,β-unsaturated/α-hetero) is 1. The zero-order chi connectivity index (χ0) is 25.8. The van der Waals surface area contributed by atoms with E-state index in [9.17, 15) is 14.9 Å². The Morgan fingerprint density at radius 3 is 2.14 bits per heavy atom. The SMILES string of the molecule is CC(=O)c1ccccc1OC[C@@H]1[C@@H](c2ccc([N+](=O)[O-])cc2)N(c2ccccc2)O[C@H]1c1ccccc1. The van der Waals surface area contributed by atoms with Crippen molar-refractivity contribution < 1.29 is 19.3 Å². The number of nitro groups is 1. The normalized spacial score (nSPS) is 18.9. The van der Waals surface area contributed by atoms with Gasteiger partial charge in [-0.25, -0.2) is 5.06 Å². The lowest BCUT2D eigenvalue weighted by molar-refractivity contribution is -0.384. The van der Waals surface area contributed by atoms with E-state index >= 15 is 0 Å². The first-order valence-corrected chi connectivity index (χ1v) is 12.1. The van der Waals surface area contributed by atoms with Gasteiger partial charge in [-0.15, -0.1) is 0 Å². The van der Waals surface area contributed by atoms with Crippen molar-refractivity contribution in [1.29, 1.82) is 0 Å². The molecule has 0 aromatic heterocycles. The molecule has 4 aromatic carbocycles. The molecular weight excluding hydrogens is 468 g/mol. The Balaban J connectivity index is 1.58. The third kappa shape index (κ3) is 5.08. The minimum atomic E-state index is -0.407. The molecule has 0 N–H and O–H groups in total. The molecule has 7 heteroatoms. The van der Waals surface area contributed by atoms with E-state index in [0.717, 1.165) is 16.8 Å². The molecule has 0 aliphatic carbocycles. The molecule has 0 unspecified atom stereocenters. The molecule has 0 spiro atoms. The number of anilines is 1. The van der Waals surface area contributed by atoms with Gasteiger partial charge in [-0.1, -0.05) is 72.8 Å². The standard InChI is InChI=1S/C30H26N2O5/c1-21(33)26-14-8-9-15-28(26)36-20-27-29(22-16-18-25(19-17-22)32(34)35)31(24-12-6-3-7-13-24)37-30(27)23-10-4-2-5-11-23/h2-19,27,29-30H,20H2,1H3/t27-,29-,30+/m1/s1. The Labute approximate surface area is 215 Å². The van der Waals surface area contributed by atoms with Gasteiger partial charge in [-0.3, -0.25) is 19.7 Å². The molecule has 7 nitrogen and oxygen atoms in total. The number of ketones is 1. The highest BCUT2D eigenvalue weighted by Crippen LogP contribution is 2.49. The summed E-state index contributed by atoms with van der Waals surface area (Å²) in [4.78, 5) is 29.7. The van der Waals surface area contributed by atoms with Crippen molar-refractivity contribution >= 4 is 17.2 Å². The Morgan fingerprint density at radius 1 is 0.865 bits per heavy atom. The van der Waals surface area contributed by atoms with Crippen LogP contribution in [0.1, 0.15) is 40.6 Å². The van der Waals surface area contributed by atoms with Crippen LogP contribution in [0.3, 0.4) is 0 Å². The van der Waals surface area contributed by atoms with Gasteiger partial charge in [0.2, 0.25) is 0 Å². The summed E-state index contributed by atoms with van der Waals surface area (Å²) in [5.74, 6) is 0.238. The summed E-state index contributed by atoms with van der Waals surface area (Å²) >= 11 is 0. The van der Waals surface area contributed by atoms with Crippen molar-refractivity contribution in [2.75, 3.05) is 11.7 Å². The van der Waals surface area contributed by atoms with Crippen molar-refractivity contribution in [2.45, 2.75) is 19.1 Å². The summed E-state index contributed by atoms with van der Waals surface area (Å²) in [7, 11) is 0. The molecule has 1 aliphatic rings. The van der Waals surface area contributed by atoms with Gasteiger partial charge in [0.15, 0.2) is 5.78 Å². The summed E-state index contributed by atoms with van der Waals surface area (Å²) in [6, 6.07) is 33.1. The number of non-ortho nitro benzene ring substituents is 1. The second kappa shape index (κ2) is 10.6.